The van der Waals surface area contributed by atoms with Crippen molar-refractivity contribution in [2.24, 2.45) is 0 Å². The summed E-state index contributed by atoms with van der Waals surface area (Å²) < 4.78 is 23.0. The zero-order valence-corrected chi connectivity index (χ0v) is 18.8. The Hall–Kier alpha value is -4.71. The van der Waals surface area contributed by atoms with Crippen LogP contribution < -0.4 is 10.1 Å². The Morgan fingerprint density at radius 3 is 2.56 bits per heavy atom. The van der Waals surface area contributed by atoms with E-state index in [0.717, 1.165) is 28.4 Å². The van der Waals surface area contributed by atoms with Crippen LogP contribution in [0.5, 0.6) is 5.75 Å². The molecule has 0 saturated heterocycles. The largest absolute Gasteiger partial charge is 0.497 e. The summed E-state index contributed by atoms with van der Waals surface area (Å²) in [5.74, 6) is -0.473. The van der Waals surface area contributed by atoms with Crippen molar-refractivity contribution < 1.29 is 13.9 Å². The highest BCUT2D eigenvalue weighted by atomic mass is 19.1. The lowest BCUT2D eigenvalue weighted by atomic mass is 10.1. The number of methoxy groups -OCH3 is 1. The van der Waals surface area contributed by atoms with Gasteiger partial charge in [-0.25, -0.2) is 14.1 Å². The molecule has 2 aromatic heterocycles. The number of nitrogens with one attached hydrogen (secondary N) is 1. The van der Waals surface area contributed by atoms with Crippen molar-refractivity contribution in [2.45, 2.75) is 13.8 Å². The molecule has 4 rings (SSSR count). The third-order valence-corrected chi connectivity index (χ3v) is 5.34. The fourth-order valence-corrected chi connectivity index (χ4v) is 3.67. The van der Waals surface area contributed by atoms with Gasteiger partial charge in [0.25, 0.3) is 5.91 Å². The van der Waals surface area contributed by atoms with Gasteiger partial charge < -0.3 is 14.6 Å². The van der Waals surface area contributed by atoms with Crippen LogP contribution in [0.2, 0.25) is 0 Å². The van der Waals surface area contributed by atoms with E-state index in [1.54, 1.807) is 7.11 Å². The van der Waals surface area contributed by atoms with Gasteiger partial charge in [0.05, 0.1) is 7.11 Å². The Morgan fingerprint density at radius 2 is 1.94 bits per heavy atom. The quantitative estimate of drug-likeness (QED) is 0.343. The van der Waals surface area contributed by atoms with E-state index >= 15 is 0 Å². The summed E-state index contributed by atoms with van der Waals surface area (Å²) >= 11 is 0. The molecule has 0 aliphatic heterocycles. The van der Waals surface area contributed by atoms with Crippen LogP contribution in [0.4, 0.5) is 10.1 Å². The molecule has 1 amide bonds. The van der Waals surface area contributed by atoms with Gasteiger partial charge in [-0.1, -0.05) is 0 Å². The van der Waals surface area contributed by atoms with Crippen molar-refractivity contribution in [1.82, 2.24) is 19.3 Å². The second-order valence-corrected chi connectivity index (χ2v) is 7.49. The number of anilines is 1. The van der Waals surface area contributed by atoms with Gasteiger partial charge in [0.2, 0.25) is 0 Å². The molecule has 4 aromatic rings. The lowest BCUT2D eigenvalue weighted by Gasteiger charge is -2.10. The molecule has 0 fully saturated rings. The van der Waals surface area contributed by atoms with E-state index in [9.17, 15) is 14.4 Å². The topological polar surface area (TPSA) is 97.8 Å². The highest BCUT2D eigenvalue weighted by molar-refractivity contribution is 6.09. The average Bonchev–Trinajstić information content (AvgIpc) is 3.45. The first-order chi connectivity index (χ1) is 16.4. The predicted molar refractivity (Wildman–Crippen MR) is 125 cm³/mol. The molecule has 170 valence electrons. The molecule has 2 aromatic carbocycles. The highest BCUT2D eigenvalue weighted by Gasteiger charge is 2.15. The van der Waals surface area contributed by atoms with Crippen molar-refractivity contribution in [1.29, 1.82) is 5.26 Å². The number of aryl methyl sites for hydroxylation is 1. The number of rotatable bonds is 6. The van der Waals surface area contributed by atoms with Crippen LogP contribution in [-0.2, 0) is 4.79 Å². The normalized spacial score (nSPS) is 11.2. The van der Waals surface area contributed by atoms with Crippen molar-refractivity contribution >= 4 is 17.7 Å². The Bertz CT molecular complexity index is 1410. The van der Waals surface area contributed by atoms with Gasteiger partial charge in [-0.15, -0.1) is 0 Å². The molecule has 0 spiro atoms. The number of benzene rings is 2. The van der Waals surface area contributed by atoms with Gasteiger partial charge >= 0.3 is 0 Å². The molecule has 0 radical (unpaired) electrons. The maximum atomic E-state index is 14.5. The molecule has 0 atom stereocenters. The molecule has 0 aliphatic rings. The second kappa shape index (κ2) is 9.42. The maximum Gasteiger partial charge on any atom is 0.266 e. The number of carbonyl (C=O) groups excluding carboxylic acids is 1. The van der Waals surface area contributed by atoms with Gasteiger partial charge in [0.1, 0.15) is 35.7 Å². The lowest BCUT2D eigenvalue weighted by molar-refractivity contribution is -0.112. The highest BCUT2D eigenvalue weighted by Crippen LogP contribution is 2.25. The number of nitrogens with zero attached hydrogens (tertiary/aromatic N) is 5. The SMILES string of the molecule is COc1ccc(-n2c(C)cc(/C=C(/C#N)C(=O)Nc3ccc(-n4cncn4)c(F)c3)c2C)cc1. The van der Waals surface area contributed by atoms with Crippen molar-refractivity contribution in [3.63, 3.8) is 0 Å². The fraction of sp³-hybridized carbons (Fsp3) is 0.120. The minimum atomic E-state index is -0.635. The summed E-state index contributed by atoms with van der Waals surface area (Å²) in [5.41, 5.74) is 3.78. The van der Waals surface area contributed by atoms with Gasteiger partial charge in [0, 0.05) is 22.8 Å². The zero-order valence-electron chi connectivity index (χ0n) is 18.8. The molecule has 8 nitrogen and oxygen atoms in total. The fourth-order valence-electron chi connectivity index (χ4n) is 3.67. The number of amides is 1. The summed E-state index contributed by atoms with van der Waals surface area (Å²) in [6.45, 7) is 3.86. The van der Waals surface area contributed by atoms with E-state index < -0.39 is 11.7 Å². The number of carbonyl (C=O) groups is 1. The maximum absolute atomic E-state index is 14.5. The molecular weight excluding hydrogens is 435 g/mol. The van der Waals surface area contributed by atoms with Gasteiger partial charge in [-0.05, 0) is 74.0 Å². The first kappa shape index (κ1) is 22.5. The first-order valence-corrected chi connectivity index (χ1v) is 10.3. The summed E-state index contributed by atoms with van der Waals surface area (Å²) in [4.78, 5) is 16.5. The number of aromatic nitrogens is 4. The van der Waals surface area contributed by atoms with Crippen LogP contribution in [0.25, 0.3) is 17.5 Å². The summed E-state index contributed by atoms with van der Waals surface area (Å²) in [6.07, 6.45) is 4.19. The molecule has 0 bridgehead atoms. The molecule has 9 heteroatoms. The average molecular weight is 456 g/mol. The monoisotopic (exact) mass is 456 g/mol. The Balaban J connectivity index is 1.58. The molecular formula is C25H21FN6O2. The molecule has 1 N–H and O–H groups in total. The van der Waals surface area contributed by atoms with Crippen LogP contribution >= 0.6 is 0 Å². The predicted octanol–water partition coefficient (Wildman–Crippen LogP) is 4.37. The molecule has 0 saturated carbocycles. The number of halogens is 1. The molecule has 0 unspecified atom stereocenters. The summed E-state index contributed by atoms with van der Waals surface area (Å²) in [7, 11) is 1.61. The van der Waals surface area contributed by atoms with E-state index in [2.05, 4.69) is 15.4 Å². The van der Waals surface area contributed by atoms with Gasteiger partial charge in [0.15, 0.2) is 5.82 Å². The van der Waals surface area contributed by atoms with Crippen LogP contribution in [0.1, 0.15) is 17.0 Å². The minimum Gasteiger partial charge on any atom is -0.497 e. The third kappa shape index (κ3) is 4.42. The Labute approximate surface area is 195 Å². The number of hydrogen-bond donors (Lipinski definition) is 1. The first-order valence-electron chi connectivity index (χ1n) is 10.3. The lowest BCUT2D eigenvalue weighted by Crippen LogP contribution is -2.14. The van der Waals surface area contributed by atoms with Gasteiger partial charge in [-0.3, -0.25) is 4.79 Å². The summed E-state index contributed by atoms with van der Waals surface area (Å²) in [6, 6.07) is 15.6. The van der Waals surface area contributed by atoms with E-state index in [-0.39, 0.29) is 16.9 Å². The number of hydrogen-bond acceptors (Lipinski definition) is 5. The standard InChI is InChI=1S/C25H21FN6O2/c1-16-10-18(17(2)32(16)21-5-7-22(34-3)8-6-21)11-19(13-27)25(33)30-20-4-9-24(23(26)12-20)31-15-28-14-29-31/h4-12,14-15H,1-3H3,(H,30,33)/b19-11-. The van der Waals surface area contributed by atoms with E-state index in [1.165, 1.54) is 41.6 Å². The van der Waals surface area contributed by atoms with Crippen LogP contribution in [0.15, 0.2) is 66.8 Å². The molecule has 0 aliphatic carbocycles. The van der Waals surface area contributed by atoms with Crippen molar-refractivity contribution in [2.75, 3.05) is 12.4 Å². The smallest absolute Gasteiger partial charge is 0.266 e. The van der Waals surface area contributed by atoms with Crippen molar-refractivity contribution in [3.05, 3.63) is 89.5 Å². The third-order valence-electron chi connectivity index (χ3n) is 5.34. The number of nitriles is 1. The van der Waals surface area contributed by atoms with E-state index in [0.29, 0.717) is 0 Å². The van der Waals surface area contributed by atoms with Crippen LogP contribution in [0, 0.1) is 31.0 Å². The van der Waals surface area contributed by atoms with Gasteiger partial charge in [-0.2, -0.15) is 10.4 Å². The van der Waals surface area contributed by atoms with E-state index in [1.807, 2.05) is 54.8 Å². The second-order valence-electron chi connectivity index (χ2n) is 7.49. The zero-order chi connectivity index (χ0) is 24.2. The van der Waals surface area contributed by atoms with Crippen LogP contribution in [0.3, 0.4) is 0 Å². The number of ether oxygens (including phenoxy) is 1. The minimum absolute atomic E-state index is 0.101. The summed E-state index contributed by atoms with van der Waals surface area (Å²) in [5, 5.41) is 16.1. The molecule has 34 heavy (non-hydrogen) atoms. The molecule has 2 heterocycles. The van der Waals surface area contributed by atoms with E-state index in [4.69, 9.17) is 4.74 Å². The van der Waals surface area contributed by atoms with Crippen LogP contribution in [-0.4, -0.2) is 32.3 Å². The Kier molecular flexibility index (Phi) is 6.23. The van der Waals surface area contributed by atoms with Crippen molar-refractivity contribution in [3.8, 4) is 23.2 Å². The Morgan fingerprint density at radius 1 is 1.18 bits per heavy atom.